The molecule has 3 aliphatic rings. The third kappa shape index (κ3) is 3.97. The maximum absolute atomic E-state index is 7.18. The number of allylic oxidation sites excluding steroid dienone is 4. The molecule has 246 valence electrons. The minimum absolute atomic E-state index is 0.763. The van der Waals surface area contributed by atoms with Crippen molar-refractivity contribution in [3.63, 3.8) is 0 Å². The lowest BCUT2D eigenvalue weighted by molar-refractivity contribution is 1.05. The highest BCUT2D eigenvalue weighted by atomic mass is 35.5. The van der Waals surface area contributed by atoms with Gasteiger partial charge in [0.05, 0.1) is 0 Å². The van der Waals surface area contributed by atoms with Crippen molar-refractivity contribution in [3.8, 4) is 55.6 Å². The number of rotatable bonds is 3. The van der Waals surface area contributed by atoms with E-state index in [1.165, 1.54) is 115 Å². The zero-order chi connectivity index (χ0) is 34.8. The van der Waals surface area contributed by atoms with Crippen LogP contribution in [0.4, 0.5) is 0 Å². The maximum Gasteiger partial charge on any atom is 0.0484 e. The van der Waals surface area contributed by atoms with E-state index in [9.17, 15) is 0 Å². The molecule has 0 bridgehead atoms. The average molecular weight is 691 g/mol. The smallest absolute Gasteiger partial charge is 0.0484 e. The van der Waals surface area contributed by atoms with Gasteiger partial charge in [-0.25, -0.2) is 0 Å². The lowest BCUT2D eigenvalue weighted by atomic mass is 9.82. The SMILES string of the molecule is Clc1ccccc1-c1c2c(c(-c3ccccc3)c3cc4ccccc4cc13)-c1cccc3c(-c4ccc5c6c(cccc46)C4=CCCC=C45)ccc-2c13. The number of benzene rings is 9. The second-order valence-electron chi connectivity index (χ2n) is 14.7. The molecule has 12 rings (SSSR count). The summed E-state index contributed by atoms with van der Waals surface area (Å²) in [7, 11) is 0. The standard InChI is InChI=1S/C52H31Cl/c53-46-23-9-8-18-41(46)50-45-29-32-15-5-4-14-31(32)28-44(45)47(30-12-2-1-3-13-30)51-42-22-11-21-39-36(25-27-43(49(39)42)52(50)51)35-24-26-40-34-17-7-6-16-33(34)37-19-10-20-38(35)48(37)40/h1-5,8-29H,6-7H2. The highest BCUT2D eigenvalue weighted by molar-refractivity contribution is 6.36. The first-order chi connectivity index (χ1) is 26.2. The predicted octanol–water partition coefficient (Wildman–Crippen LogP) is 15.2. The molecular weight excluding hydrogens is 660 g/mol. The van der Waals surface area contributed by atoms with E-state index in [1.807, 2.05) is 12.1 Å². The quantitative estimate of drug-likeness (QED) is 0.162. The summed E-state index contributed by atoms with van der Waals surface area (Å²) in [4.78, 5) is 0. The van der Waals surface area contributed by atoms with E-state index in [4.69, 9.17) is 11.6 Å². The van der Waals surface area contributed by atoms with Crippen LogP contribution in [0.3, 0.4) is 0 Å². The third-order valence-electron chi connectivity index (χ3n) is 12.0. The molecule has 0 heterocycles. The summed E-state index contributed by atoms with van der Waals surface area (Å²) < 4.78 is 0. The Morgan fingerprint density at radius 3 is 1.53 bits per heavy atom. The van der Waals surface area contributed by atoms with E-state index in [0.29, 0.717) is 0 Å². The van der Waals surface area contributed by atoms with Crippen molar-refractivity contribution in [1.29, 1.82) is 0 Å². The minimum Gasteiger partial charge on any atom is -0.0837 e. The van der Waals surface area contributed by atoms with Crippen molar-refractivity contribution < 1.29 is 0 Å². The van der Waals surface area contributed by atoms with Crippen LogP contribution < -0.4 is 0 Å². The Morgan fingerprint density at radius 2 is 0.830 bits per heavy atom. The molecule has 0 spiro atoms. The Hall–Kier alpha value is -6.21. The minimum atomic E-state index is 0.763. The summed E-state index contributed by atoms with van der Waals surface area (Å²) in [6.07, 6.45) is 7.09. The van der Waals surface area contributed by atoms with Crippen molar-refractivity contribution in [3.05, 3.63) is 180 Å². The van der Waals surface area contributed by atoms with E-state index in [1.54, 1.807) is 0 Å². The first-order valence-electron chi connectivity index (χ1n) is 18.6. The van der Waals surface area contributed by atoms with Gasteiger partial charge < -0.3 is 0 Å². The fourth-order valence-corrected chi connectivity index (χ4v) is 10.1. The van der Waals surface area contributed by atoms with E-state index in [0.717, 1.165) is 23.4 Å². The zero-order valence-electron chi connectivity index (χ0n) is 28.9. The Bertz CT molecular complexity index is 3130. The normalized spacial score (nSPS) is 13.8. The molecule has 0 atom stereocenters. The summed E-state index contributed by atoms with van der Waals surface area (Å²) in [5.41, 5.74) is 18.0. The average Bonchev–Trinajstić information content (AvgIpc) is 3.72. The van der Waals surface area contributed by atoms with Crippen LogP contribution in [-0.4, -0.2) is 0 Å². The van der Waals surface area contributed by atoms with Crippen LogP contribution in [-0.2, 0) is 0 Å². The van der Waals surface area contributed by atoms with Gasteiger partial charge in [0.15, 0.2) is 0 Å². The monoisotopic (exact) mass is 690 g/mol. The van der Waals surface area contributed by atoms with Gasteiger partial charge in [0.25, 0.3) is 0 Å². The molecule has 0 nitrogen and oxygen atoms in total. The van der Waals surface area contributed by atoms with Gasteiger partial charge in [0.1, 0.15) is 0 Å². The Kier molecular flexibility index (Phi) is 6.04. The molecule has 9 aromatic carbocycles. The van der Waals surface area contributed by atoms with Crippen LogP contribution in [0.15, 0.2) is 164 Å². The second-order valence-corrected chi connectivity index (χ2v) is 15.1. The van der Waals surface area contributed by atoms with Gasteiger partial charge in [-0.2, -0.15) is 0 Å². The molecule has 0 fully saturated rings. The van der Waals surface area contributed by atoms with E-state index in [-0.39, 0.29) is 0 Å². The van der Waals surface area contributed by atoms with Crippen molar-refractivity contribution >= 4 is 65.8 Å². The zero-order valence-corrected chi connectivity index (χ0v) is 29.6. The number of hydrogen-bond donors (Lipinski definition) is 0. The molecule has 0 unspecified atom stereocenters. The van der Waals surface area contributed by atoms with Gasteiger partial charge in [-0.05, 0) is 146 Å². The van der Waals surface area contributed by atoms with Crippen LogP contribution in [0, 0.1) is 0 Å². The van der Waals surface area contributed by atoms with E-state index < -0.39 is 0 Å². The van der Waals surface area contributed by atoms with E-state index >= 15 is 0 Å². The first-order valence-corrected chi connectivity index (χ1v) is 19.0. The molecule has 0 saturated carbocycles. The van der Waals surface area contributed by atoms with Crippen molar-refractivity contribution in [2.75, 3.05) is 0 Å². The highest BCUT2D eigenvalue weighted by Gasteiger charge is 2.33. The van der Waals surface area contributed by atoms with Gasteiger partial charge in [-0.15, -0.1) is 0 Å². The van der Waals surface area contributed by atoms with Gasteiger partial charge in [-0.3, -0.25) is 0 Å². The Balaban J connectivity index is 1.23. The molecule has 9 aromatic rings. The molecule has 0 N–H and O–H groups in total. The lowest BCUT2D eigenvalue weighted by Crippen LogP contribution is -1.94. The van der Waals surface area contributed by atoms with Crippen LogP contribution in [0.5, 0.6) is 0 Å². The molecule has 0 aliphatic heterocycles. The summed E-state index contributed by atoms with van der Waals surface area (Å²) in [5.74, 6) is 0. The summed E-state index contributed by atoms with van der Waals surface area (Å²) in [6.45, 7) is 0. The van der Waals surface area contributed by atoms with Gasteiger partial charge in [0.2, 0.25) is 0 Å². The second kappa shape index (κ2) is 10.9. The molecule has 1 heteroatoms. The van der Waals surface area contributed by atoms with Crippen LogP contribution in [0.25, 0.3) is 110 Å². The number of fused-ring (bicyclic) bond motifs is 8. The summed E-state index contributed by atoms with van der Waals surface area (Å²) in [6, 6.07) is 56.2. The molecule has 0 radical (unpaired) electrons. The largest absolute Gasteiger partial charge is 0.0837 e. The Labute approximate surface area is 312 Å². The fraction of sp³-hybridized carbons (Fsp3) is 0.0385. The molecular formula is C52H31Cl. The topological polar surface area (TPSA) is 0 Å². The first kappa shape index (κ1) is 29.4. The fourth-order valence-electron chi connectivity index (χ4n) is 9.89. The molecule has 0 saturated heterocycles. The van der Waals surface area contributed by atoms with Crippen molar-refractivity contribution in [1.82, 2.24) is 0 Å². The molecule has 3 aliphatic carbocycles. The van der Waals surface area contributed by atoms with Crippen LogP contribution >= 0.6 is 11.6 Å². The summed E-state index contributed by atoms with van der Waals surface area (Å²) >= 11 is 7.18. The predicted molar refractivity (Wildman–Crippen MR) is 227 cm³/mol. The molecule has 0 aromatic heterocycles. The third-order valence-corrected chi connectivity index (χ3v) is 12.4. The van der Waals surface area contributed by atoms with Crippen LogP contribution in [0.1, 0.15) is 24.0 Å². The Morgan fingerprint density at radius 1 is 0.340 bits per heavy atom. The summed E-state index contributed by atoms with van der Waals surface area (Å²) in [5, 5.41) is 11.0. The van der Waals surface area contributed by atoms with Gasteiger partial charge >= 0.3 is 0 Å². The maximum atomic E-state index is 7.18. The van der Waals surface area contributed by atoms with Gasteiger partial charge in [-0.1, -0.05) is 157 Å². The van der Waals surface area contributed by atoms with Crippen molar-refractivity contribution in [2.24, 2.45) is 0 Å². The molecule has 0 amide bonds. The molecule has 53 heavy (non-hydrogen) atoms. The van der Waals surface area contributed by atoms with E-state index in [2.05, 4.69) is 152 Å². The number of halogens is 1. The highest BCUT2D eigenvalue weighted by Crippen LogP contribution is 2.60. The van der Waals surface area contributed by atoms with Crippen molar-refractivity contribution in [2.45, 2.75) is 12.8 Å². The number of hydrogen-bond acceptors (Lipinski definition) is 0. The van der Waals surface area contributed by atoms with Crippen LogP contribution in [0.2, 0.25) is 5.02 Å². The van der Waals surface area contributed by atoms with Gasteiger partial charge in [0, 0.05) is 10.6 Å². The lowest BCUT2D eigenvalue weighted by Gasteiger charge is -2.21.